The van der Waals surface area contributed by atoms with Gasteiger partial charge in [-0.25, -0.2) is 0 Å². The lowest BCUT2D eigenvalue weighted by molar-refractivity contribution is 0.0902. The summed E-state index contributed by atoms with van der Waals surface area (Å²) in [5.74, 6) is 2.57. The van der Waals surface area contributed by atoms with E-state index >= 15 is 0 Å². The van der Waals surface area contributed by atoms with Gasteiger partial charge in [0, 0.05) is 12.1 Å². The van der Waals surface area contributed by atoms with Crippen LogP contribution in [0.25, 0.3) is 0 Å². The molecule has 0 spiro atoms. The molecule has 11 heavy (non-hydrogen) atoms. The Hall–Kier alpha value is -0.520. The molecule has 0 aromatic carbocycles. The number of ether oxygens (including phenoxy) is 1. The highest BCUT2D eigenvalue weighted by atomic mass is 16.5. The van der Waals surface area contributed by atoms with Gasteiger partial charge >= 0.3 is 0 Å². The summed E-state index contributed by atoms with van der Waals surface area (Å²) in [4.78, 5) is 0. The van der Waals surface area contributed by atoms with Gasteiger partial charge in [0.25, 0.3) is 0 Å². The van der Waals surface area contributed by atoms with Crippen molar-refractivity contribution in [3.8, 4) is 12.3 Å². The second-order valence-electron chi connectivity index (χ2n) is 3.24. The van der Waals surface area contributed by atoms with Gasteiger partial charge in [-0.3, -0.25) is 5.32 Å². The van der Waals surface area contributed by atoms with Crippen LogP contribution in [0.1, 0.15) is 20.3 Å². The molecule has 0 aliphatic carbocycles. The van der Waals surface area contributed by atoms with Crippen molar-refractivity contribution < 1.29 is 4.74 Å². The van der Waals surface area contributed by atoms with Gasteiger partial charge in [-0.1, -0.05) is 5.92 Å². The van der Waals surface area contributed by atoms with Crippen LogP contribution in [-0.4, -0.2) is 24.8 Å². The van der Waals surface area contributed by atoms with Crippen LogP contribution < -0.4 is 5.32 Å². The number of hydrogen-bond acceptors (Lipinski definition) is 2. The highest BCUT2D eigenvalue weighted by molar-refractivity contribution is 4.98. The second kappa shape index (κ2) is 3.25. The summed E-state index contributed by atoms with van der Waals surface area (Å²) < 4.78 is 5.43. The molecule has 0 amide bonds. The summed E-state index contributed by atoms with van der Waals surface area (Å²) in [7, 11) is 0. The van der Waals surface area contributed by atoms with E-state index in [1.54, 1.807) is 0 Å². The van der Waals surface area contributed by atoms with Crippen molar-refractivity contribution in [1.82, 2.24) is 5.32 Å². The van der Waals surface area contributed by atoms with E-state index in [9.17, 15) is 0 Å². The van der Waals surface area contributed by atoms with E-state index in [2.05, 4.69) is 25.1 Å². The summed E-state index contributed by atoms with van der Waals surface area (Å²) >= 11 is 0. The lowest BCUT2D eigenvalue weighted by atomic mass is 9.95. The molecule has 1 saturated heterocycles. The van der Waals surface area contributed by atoms with Gasteiger partial charge in [-0.15, -0.1) is 6.42 Å². The van der Waals surface area contributed by atoms with E-state index in [4.69, 9.17) is 11.2 Å². The highest BCUT2D eigenvalue weighted by Crippen LogP contribution is 2.24. The summed E-state index contributed by atoms with van der Waals surface area (Å²) in [6.07, 6.45) is 6.48. The van der Waals surface area contributed by atoms with E-state index in [1.807, 2.05) is 0 Å². The first kappa shape index (κ1) is 8.58. The Balaban J connectivity index is 2.45. The van der Waals surface area contributed by atoms with Gasteiger partial charge in [0.1, 0.15) is 0 Å². The van der Waals surface area contributed by atoms with Gasteiger partial charge in [0.05, 0.1) is 12.6 Å². The lowest BCUT2D eigenvalue weighted by Gasteiger charge is -2.27. The molecule has 2 nitrogen and oxygen atoms in total. The Morgan fingerprint density at radius 3 is 3.00 bits per heavy atom. The largest absolute Gasteiger partial charge is 0.377 e. The fraction of sp³-hybridized carbons (Fsp3) is 0.778. The normalized spacial score (nSPS) is 37.0. The average Bonchev–Trinajstić information content (AvgIpc) is 2.30. The molecule has 1 heterocycles. The Morgan fingerprint density at radius 2 is 2.55 bits per heavy atom. The second-order valence-corrected chi connectivity index (χ2v) is 3.24. The van der Waals surface area contributed by atoms with Crippen LogP contribution in [0.2, 0.25) is 0 Å². The fourth-order valence-electron chi connectivity index (χ4n) is 1.32. The highest BCUT2D eigenvalue weighted by Gasteiger charge is 2.35. The van der Waals surface area contributed by atoms with Crippen LogP contribution in [0.15, 0.2) is 0 Å². The van der Waals surface area contributed by atoms with Crippen molar-refractivity contribution in [2.75, 3.05) is 13.2 Å². The first-order chi connectivity index (χ1) is 5.19. The zero-order chi connectivity index (χ0) is 8.32. The molecule has 1 aliphatic rings. The van der Waals surface area contributed by atoms with Crippen molar-refractivity contribution >= 4 is 0 Å². The van der Waals surface area contributed by atoms with Gasteiger partial charge in [-0.05, 0) is 20.3 Å². The smallest absolute Gasteiger partial charge is 0.0726 e. The third-order valence-electron chi connectivity index (χ3n) is 2.48. The summed E-state index contributed by atoms with van der Waals surface area (Å²) in [5.41, 5.74) is 0.0897. The average molecular weight is 153 g/mol. The summed E-state index contributed by atoms with van der Waals surface area (Å²) in [5, 5.41) is 3.30. The molecular weight excluding hydrogens is 138 g/mol. The quantitative estimate of drug-likeness (QED) is 0.592. The van der Waals surface area contributed by atoms with E-state index < -0.39 is 0 Å². The third-order valence-corrected chi connectivity index (χ3v) is 2.48. The van der Waals surface area contributed by atoms with Crippen molar-refractivity contribution in [3.05, 3.63) is 0 Å². The molecule has 1 fully saturated rings. The Labute approximate surface area is 68.3 Å². The van der Waals surface area contributed by atoms with Gasteiger partial charge in [0.2, 0.25) is 0 Å². The Morgan fingerprint density at radius 1 is 1.82 bits per heavy atom. The maximum atomic E-state index is 5.43. The van der Waals surface area contributed by atoms with Gasteiger partial charge in [0.15, 0.2) is 0 Å². The third kappa shape index (κ3) is 1.74. The molecule has 0 saturated carbocycles. The molecule has 2 atom stereocenters. The molecule has 2 unspecified atom stereocenters. The molecule has 1 N–H and O–H groups in total. The van der Waals surface area contributed by atoms with Crippen LogP contribution in [0, 0.1) is 12.3 Å². The number of nitrogens with one attached hydrogen (secondary N) is 1. The predicted octanol–water partition coefficient (Wildman–Crippen LogP) is 0.777. The van der Waals surface area contributed by atoms with Crippen molar-refractivity contribution in [2.24, 2.45) is 0 Å². The molecule has 1 aliphatic heterocycles. The molecule has 62 valence electrons. The maximum absolute atomic E-state index is 5.43. The van der Waals surface area contributed by atoms with E-state index in [0.717, 1.165) is 13.0 Å². The Kier molecular flexibility index (Phi) is 2.53. The van der Waals surface area contributed by atoms with E-state index in [-0.39, 0.29) is 11.6 Å². The van der Waals surface area contributed by atoms with E-state index in [0.29, 0.717) is 6.54 Å². The first-order valence-electron chi connectivity index (χ1n) is 3.99. The van der Waals surface area contributed by atoms with Crippen molar-refractivity contribution in [3.63, 3.8) is 0 Å². The molecule has 0 aromatic heterocycles. The van der Waals surface area contributed by atoms with Gasteiger partial charge < -0.3 is 4.74 Å². The minimum atomic E-state index is 0.0897. The molecule has 0 radical (unpaired) electrons. The minimum Gasteiger partial charge on any atom is -0.377 e. The zero-order valence-electron chi connectivity index (χ0n) is 7.18. The number of hydrogen-bond donors (Lipinski definition) is 1. The minimum absolute atomic E-state index is 0.0897. The number of terminal acetylenes is 1. The summed E-state index contributed by atoms with van der Waals surface area (Å²) in [6, 6.07) is 0. The topological polar surface area (TPSA) is 21.3 Å². The summed E-state index contributed by atoms with van der Waals surface area (Å²) in [6.45, 7) is 5.71. The SMILES string of the molecule is C#CCNC1(C)CCOC1C. The van der Waals surface area contributed by atoms with Gasteiger partial charge in [-0.2, -0.15) is 0 Å². The molecule has 1 rings (SSSR count). The predicted molar refractivity (Wildman–Crippen MR) is 45.3 cm³/mol. The monoisotopic (exact) mass is 153 g/mol. The Bertz CT molecular complexity index is 173. The lowest BCUT2D eigenvalue weighted by Crippen LogP contribution is -2.47. The molecular formula is C9H15NO. The fourth-order valence-corrected chi connectivity index (χ4v) is 1.32. The van der Waals surface area contributed by atoms with Crippen molar-refractivity contribution in [1.29, 1.82) is 0 Å². The van der Waals surface area contributed by atoms with Crippen LogP contribution in [0.4, 0.5) is 0 Å². The van der Waals surface area contributed by atoms with Crippen LogP contribution >= 0.6 is 0 Å². The van der Waals surface area contributed by atoms with Crippen LogP contribution in [0.3, 0.4) is 0 Å². The van der Waals surface area contributed by atoms with Crippen LogP contribution in [-0.2, 0) is 4.74 Å². The van der Waals surface area contributed by atoms with E-state index in [1.165, 1.54) is 0 Å². The number of rotatable bonds is 2. The standard InChI is InChI=1S/C9H15NO/c1-4-6-10-9(3)5-7-11-8(9)2/h1,8,10H,5-7H2,2-3H3. The first-order valence-corrected chi connectivity index (χ1v) is 3.99. The van der Waals surface area contributed by atoms with Crippen molar-refractivity contribution in [2.45, 2.75) is 31.9 Å². The molecule has 2 heteroatoms. The molecule has 0 bridgehead atoms. The molecule has 0 aromatic rings. The zero-order valence-corrected chi connectivity index (χ0v) is 7.18. The van der Waals surface area contributed by atoms with Crippen LogP contribution in [0.5, 0.6) is 0 Å². The maximum Gasteiger partial charge on any atom is 0.0726 e.